The summed E-state index contributed by atoms with van der Waals surface area (Å²) >= 11 is 0. The number of likely N-dealkylation sites (tertiary alicyclic amines) is 2. The van der Waals surface area contributed by atoms with E-state index in [1.54, 1.807) is 6.20 Å². The van der Waals surface area contributed by atoms with Gasteiger partial charge in [-0.25, -0.2) is 0 Å². The topological polar surface area (TPSA) is 77.3 Å². The van der Waals surface area contributed by atoms with Crippen LogP contribution in [0.25, 0.3) is 0 Å². The fourth-order valence-electron chi connectivity index (χ4n) is 5.01. The van der Waals surface area contributed by atoms with Crippen molar-refractivity contribution in [3.63, 3.8) is 0 Å². The molecule has 1 saturated carbocycles. The molecule has 2 aliphatic heterocycles. The molecule has 0 aromatic carbocycles. The normalized spacial score (nSPS) is 23.6. The van der Waals surface area contributed by atoms with Crippen molar-refractivity contribution in [1.29, 1.82) is 5.26 Å². The molecule has 27 heavy (non-hydrogen) atoms. The third kappa shape index (κ3) is 3.31. The van der Waals surface area contributed by atoms with Gasteiger partial charge < -0.3 is 9.80 Å². The summed E-state index contributed by atoms with van der Waals surface area (Å²) in [6.45, 7) is 2.69. The highest BCUT2D eigenvalue weighted by atomic mass is 16.2. The zero-order valence-corrected chi connectivity index (χ0v) is 15.7. The first kappa shape index (κ1) is 18.0. The van der Waals surface area contributed by atoms with Gasteiger partial charge in [0.05, 0.1) is 6.07 Å². The van der Waals surface area contributed by atoms with Crippen LogP contribution >= 0.6 is 0 Å². The first-order valence-corrected chi connectivity index (χ1v) is 9.93. The zero-order valence-electron chi connectivity index (χ0n) is 15.7. The highest BCUT2D eigenvalue weighted by Crippen LogP contribution is 2.44. The Hall–Kier alpha value is -2.42. The number of nitriles is 1. The Morgan fingerprint density at radius 2 is 1.96 bits per heavy atom. The first-order valence-electron chi connectivity index (χ1n) is 9.93. The smallest absolute Gasteiger partial charge is 0.243 e. The Bertz CT molecular complexity index is 756. The minimum absolute atomic E-state index is 0.0221. The Labute approximate surface area is 160 Å². The van der Waals surface area contributed by atoms with Crippen molar-refractivity contribution in [2.24, 2.45) is 10.8 Å². The van der Waals surface area contributed by atoms with Crippen LogP contribution in [-0.4, -0.2) is 46.2 Å². The molecule has 2 amide bonds. The molecule has 2 saturated heterocycles. The van der Waals surface area contributed by atoms with Crippen molar-refractivity contribution >= 4 is 11.8 Å². The molecule has 3 fully saturated rings. The fourth-order valence-corrected chi connectivity index (χ4v) is 5.01. The molecule has 0 unspecified atom stereocenters. The average molecular weight is 366 g/mol. The van der Waals surface area contributed by atoms with Crippen LogP contribution in [0, 0.1) is 22.2 Å². The number of carbonyl (C=O) groups is 2. The van der Waals surface area contributed by atoms with Crippen LogP contribution in [0.2, 0.25) is 0 Å². The van der Waals surface area contributed by atoms with Crippen LogP contribution in [0.3, 0.4) is 0 Å². The molecule has 1 aliphatic carbocycles. The monoisotopic (exact) mass is 366 g/mol. The summed E-state index contributed by atoms with van der Waals surface area (Å²) < 4.78 is 0. The van der Waals surface area contributed by atoms with Gasteiger partial charge in [-0.1, -0.05) is 18.9 Å². The number of amides is 2. The van der Waals surface area contributed by atoms with E-state index in [9.17, 15) is 14.9 Å². The predicted molar refractivity (Wildman–Crippen MR) is 99.0 cm³/mol. The molecular formula is C21H26N4O2. The summed E-state index contributed by atoms with van der Waals surface area (Å²) in [6.07, 6.45) is 9.13. The summed E-state index contributed by atoms with van der Waals surface area (Å²) in [5, 5.41) is 9.58. The third-order valence-corrected chi connectivity index (χ3v) is 6.69. The van der Waals surface area contributed by atoms with Crippen LogP contribution < -0.4 is 0 Å². The molecule has 1 spiro atoms. The summed E-state index contributed by atoms with van der Waals surface area (Å²) in [5.41, 5.74) is 0.237. The quantitative estimate of drug-likeness (QED) is 0.823. The van der Waals surface area contributed by atoms with Crippen molar-refractivity contribution in [3.05, 3.63) is 30.1 Å². The van der Waals surface area contributed by atoms with Gasteiger partial charge in [0, 0.05) is 50.4 Å². The predicted octanol–water partition coefficient (Wildman–Crippen LogP) is 2.51. The SMILES string of the molecule is N#CC1(C(=O)N2CCC3(CC2)CC(=O)N(Cc2cccnc2)C3)CCCC1. The molecule has 3 heterocycles. The maximum Gasteiger partial charge on any atom is 0.243 e. The fraction of sp³-hybridized carbons (Fsp3) is 0.619. The van der Waals surface area contributed by atoms with Gasteiger partial charge in [0.2, 0.25) is 11.8 Å². The Morgan fingerprint density at radius 3 is 2.59 bits per heavy atom. The van der Waals surface area contributed by atoms with Crippen molar-refractivity contribution in [3.8, 4) is 6.07 Å². The van der Waals surface area contributed by atoms with E-state index in [0.29, 0.717) is 38.9 Å². The number of piperidine rings is 1. The molecule has 6 nitrogen and oxygen atoms in total. The van der Waals surface area contributed by atoms with Crippen molar-refractivity contribution in [1.82, 2.24) is 14.8 Å². The second-order valence-electron chi connectivity index (χ2n) is 8.48. The van der Waals surface area contributed by atoms with Crippen molar-refractivity contribution in [2.75, 3.05) is 19.6 Å². The molecule has 1 aromatic heterocycles. The zero-order chi connectivity index (χ0) is 18.9. The first-order chi connectivity index (χ1) is 13.1. The van der Waals surface area contributed by atoms with E-state index < -0.39 is 5.41 Å². The lowest BCUT2D eigenvalue weighted by Gasteiger charge is -2.40. The van der Waals surface area contributed by atoms with Crippen LogP contribution in [0.4, 0.5) is 0 Å². The number of pyridine rings is 1. The van der Waals surface area contributed by atoms with Crippen LogP contribution in [0.1, 0.15) is 50.5 Å². The van der Waals surface area contributed by atoms with Crippen LogP contribution in [0.15, 0.2) is 24.5 Å². The highest BCUT2D eigenvalue weighted by molar-refractivity contribution is 5.86. The summed E-state index contributed by atoms with van der Waals surface area (Å²) in [6, 6.07) is 6.21. The standard InChI is InChI=1S/C21H26N4O2/c22-15-21(5-1-2-6-21)19(27)24-10-7-20(8-11-24)12-18(26)25(16-20)14-17-4-3-9-23-13-17/h3-4,9,13H,1-2,5-8,10-12,14,16H2. The lowest BCUT2D eigenvalue weighted by atomic mass is 9.76. The van der Waals surface area contributed by atoms with Crippen molar-refractivity contribution < 1.29 is 9.59 Å². The molecule has 4 rings (SSSR count). The van der Waals surface area contributed by atoms with E-state index in [-0.39, 0.29) is 17.2 Å². The average Bonchev–Trinajstić information content (AvgIpc) is 3.29. The van der Waals surface area contributed by atoms with E-state index in [2.05, 4.69) is 11.1 Å². The van der Waals surface area contributed by atoms with Gasteiger partial charge >= 0.3 is 0 Å². The van der Waals surface area contributed by atoms with Crippen molar-refractivity contribution in [2.45, 2.75) is 51.5 Å². The minimum Gasteiger partial charge on any atom is -0.341 e. The van der Waals surface area contributed by atoms with Gasteiger partial charge in [0.25, 0.3) is 0 Å². The van der Waals surface area contributed by atoms with E-state index >= 15 is 0 Å². The maximum absolute atomic E-state index is 12.9. The van der Waals surface area contributed by atoms with Gasteiger partial charge in [0.1, 0.15) is 5.41 Å². The number of aromatic nitrogens is 1. The van der Waals surface area contributed by atoms with Crippen LogP contribution in [0.5, 0.6) is 0 Å². The number of hydrogen-bond donors (Lipinski definition) is 0. The van der Waals surface area contributed by atoms with E-state index in [1.165, 1.54) is 0 Å². The molecule has 0 bridgehead atoms. The largest absolute Gasteiger partial charge is 0.341 e. The molecule has 0 N–H and O–H groups in total. The van der Waals surface area contributed by atoms with Gasteiger partial charge in [0.15, 0.2) is 0 Å². The van der Waals surface area contributed by atoms with Gasteiger partial charge in [-0.15, -0.1) is 0 Å². The third-order valence-electron chi connectivity index (χ3n) is 6.69. The Balaban J connectivity index is 1.38. The molecule has 3 aliphatic rings. The summed E-state index contributed by atoms with van der Waals surface area (Å²) in [7, 11) is 0. The molecule has 142 valence electrons. The molecule has 1 aromatic rings. The minimum atomic E-state index is -0.789. The molecule has 0 radical (unpaired) electrons. The van der Waals surface area contributed by atoms with E-state index in [1.807, 2.05) is 28.1 Å². The van der Waals surface area contributed by atoms with E-state index in [4.69, 9.17) is 0 Å². The second kappa shape index (κ2) is 6.95. The Kier molecular flexibility index (Phi) is 4.63. The lowest BCUT2D eigenvalue weighted by Crippen LogP contribution is -2.49. The summed E-state index contributed by atoms with van der Waals surface area (Å²) in [5.74, 6) is 0.219. The number of hydrogen-bond acceptors (Lipinski definition) is 4. The lowest BCUT2D eigenvalue weighted by molar-refractivity contribution is -0.141. The van der Waals surface area contributed by atoms with Gasteiger partial charge in [-0.2, -0.15) is 5.26 Å². The number of rotatable bonds is 3. The van der Waals surface area contributed by atoms with Crippen LogP contribution in [-0.2, 0) is 16.1 Å². The molecule has 6 heteroatoms. The number of nitrogens with zero attached hydrogens (tertiary/aromatic N) is 4. The number of carbonyl (C=O) groups excluding carboxylic acids is 2. The Morgan fingerprint density at radius 1 is 1.22 bits per heavy atom. The van der Waals surface area contributed by atoms with E-state index in [0.717, 1.165) is 37.8 Å². The van der Waals surface area contributed by atoms with Gasteiger partial charge in [-0.3, -0.25) is 14.6 Å². The summed E-state index contributed by atoms with van der Waals surface area (Å²) in [4.78, 5) is 33.4. The molecule has 0 atom stereocenters. The van der Waals surface area contributed by atoms with Gasteiger partial charge in [-0.05, 0) is 37.3 Å². The molecular weight excluding hydrogens is 340 g/mol. The second-order valence-corrected chi connectivity index (χ2v) is 8.48. The highest BCUT2D eigenvalue weighted by Gasteiger charge is 2.49. The maximum atomic E-state index is 12.9.